The summed E-state index contributed by atoms with van der Waals surface area (Å²) in [5.41, 5.74) is 2.95. The summed E-state index contributed by atoms with van der Waals surface area (Å²) in [7, 11) is 1.85. The van der Waals surface area contributed by atoms with E-state index < -0.39 is 24.8 Å². The topological polar surface area (TPSA) is 144 Å². The number of fused-ring (bicyclic) bond motifs is 1. The van der Waals surface area contributed by atoms with Crippen molar-refractivity contribution in [3.05, 3.63) is 47.2 Å². The van der Waals surface area contributed by atoms with E-state index >= 15 is 0 Å². The van der Waals surface area contributed by atoms with Crippen molar-refractivity contribution >= 4 is 50.7 Å². The van der Waals surface area contributed by atoms with Gasteiger partial charge in [-0.25, -0.2) is 14.7 Å². The van der Waals surface area contributed by atoms with Crippen LogP contribution in [0.5, 0.6) is 0 Å². The Kier molecular flexibility index (Phi) is 8.66. The van der Waals surface area contributed by atoms with Crippen LogP contribution in [0.2, 0.25) is 0 Å². The Morgan fingerprint density at radius 1 is 1.24 bits per heavy atom. The van der Waals surface area contributed by atoms with Crippen LogP contribution in [0.4, 0.5) is 10.5 Å². The van der Waals surface area contributed by atoms with Gasteiger partial charge in [-0.1, -0.05) is 6.92 Å². The Bertz CT molecular complexity index is 1300. The van der Waals surface area contributed by atoms with E-state index in [1.165, 1.54) is 4.90 Å². The summed E-state index contributed by atoms with van der Waals surface area (Å²) in [5.74, 6) is -1.14. The van der Waals surface area contributed by atoms with Gasteiger partial charge in [0.1, 0.15) is 5.52 Å². The van der Waals surface area contributed by atoms with Crippen LogP contribution in [0.1, 0.15) is 19.0 Å². The molecule has 1 aromatic carbocycles. The zero-order valence-electron chi connectivity index (χ0n) is 20.5. The molecule has 0 radical (unpaired) electrons. The number of guanidine groups is 1. The molecule has 4 rings (SSSR count). The van der Waals surface area contributed by atoms with Crippen molar-refractivity contribution in [2.45, 2.75) is 19.8 Å². The molecule has 0 fully saturated rings. The third kappa shape index (κ3) is 6.05. The number of ether oxygens (including phenoxy) is 2. The number of nitrogens with zero attached hydrogens (tertiary/aromatic N) is 6. The highest BCUT2D eigenvalue weighted by Gasteiger charge is 2.30. The highest BCUT2D eigenvalue weighted by molar-refractivity contribution is 9.10. The highest BCUT2D eigenvalue weighted by Crippen LogP contribution is 2.29. The summed E-state index contributed by atoms with van der Waals surface area (Å²) >= 11 is 3.53. The molecule has 3 heterocycles. The molecule has 0 aliphatic carbocycles. The van der Waals surface area contributed by atoms with E-state index in [2.05, 4.69) is 41.2 Å². The lowest BCUT2D eigenvalue weighted by Gasteiger charge is -2.23. The Labute approximate surface area is 221 Å². The number of aliphatic hydroxyl groups is 1. The number of rotatable bonds is 9. The number of amides is 1. The first-order chi connectivity index (χ1) is 17.9. The van der Waals surface area contributed by atoms with Crippen LogP contribution in [0.3, 0.4) is 0 Å². The fourth-order valence-electron chi connectivity index (χ4n) is 4.15. The van der Waals surface area contributed by atoms with Gasteiger partial charge in [-0.2, -0.15) is 0 Å². The third-order valence-electron chi connectivity index (χ3n) is 6.20. The first-order valence-electron chi connectivity index (χ1n) is 11.8. The number of esters is 1. The van der Waals surface area contributed by atoms with Crippen molar-refractivity contribution in [2.75, 3.05) is 31.8 Å². The third-order valence-corrected chi connectivity index (χ3v) is 7.01. The molecule has 12 nitrogen and oxygen atoms in total. The first kappa shape index (κ1) is 26.5. The average Bonchev–Trinajstić information content (AvgIpc) is 3.54. The van der Waals surface area contributed by atoms with Gasteiger partial charge in [0, 0.05) is 43.9 Å². The fraction of sp³-hybridized carbons (Fsp3) is 0.417. The van der Waals surface area contributed by atoms with Gasteiger partial charge in [0.15, 0.2) is 0 Å². The van der Waals surface area contributed by atoms with E-state index in [9.17, 15) is 14.7 Å². The molecule has 196 valence electrons. The number of aryl methyl sites for hydroxylation is 1. The second-order valence-electron chi connectivity index (χ2n) is 8.48. The Hall–Kier alpha value is -3.58. The van der Waals surface area contributed by atoms with Crippen molar-refractivity contribution in [2.24, 2.45) is 23.9 Å². The number of hydrogen-bond donors (Lipinski definition) is 2. The van der Waals surface area contributed by atoms with Crippen molar-refractivity contribution in [3.8, 4) is 0 Å². The monoisotopic (exact) mass is 573 g/mol. The van der Waals surface area contributed by atoms with Crippen LogP contribution in [-0.4, -0.2) is 74.0 Å². The molecule has 2 aromatic heterocycles. The van der Waals surface area contributed by atoms with E-state index in [4.69, 9.17) is 9.47 Å². The number of hydrogen-bond acceptors (Lipinski definition) is 10. The molecule has 3 aromatic rings. The molecule has 0 spiro atoms. The van der Waals surface area contributed by atoms with Gasteiger partial charge in [-0.15, -0.1) is 0 Å². The zero-order valence-corrected chi connectivity index (χ0v) is 22.1. The molecule has 1 amide bonds. The summed E-state index contributed by atoms with van der Waals surface area (Å²) in [6, 6.07) is 3.62. The molecular formula is C24H28BrN7O5. The number of aromatic nitrogens is 4. The standard InChI is InChI=1S/C24H28BrN7O5/c1-3-17(15(12-33)10-16-11-26-13-31(16)2)22(34)36-14-37-24(35)32-9-8-29-23(32)30-18-4-5-19-21(20(18)25)28-7-6-27-19/h4-7,11,13,15,17,33H,3,8-10,12,14H2,1-2H3,(H,29,30)/t15-,17-/m0/s1. The van der Waals surface area contributed by atoms with Gasteiger partial charge < -0.3 is 24.5 Å². The Morgan fingerprint density at radius 3 is 2.78 bits per heavy atom. The van der Waals surface area contributed by atoms with Crippen molar-refractivity contribution in [3.63, 3.8) is 0 Å². The van der Waals surface area contributed by atoms with Crippen molar-refractivity contribution in [1.29, 1.82) is 0 Å². The molecule has 13 heteroatoms. The molecular weight excluding hydrogens is 546 g/mol. The maximum atomic E-state index is 12.7. The molecule has 0 bridgehead atoms. The second kappa shape index (κ2) is 12.1. The molecule has 1 aliphatic heterocycles. The van der Waals surface area contributed by atoms with Gasteiger partial charge >= 0.3 is 12.1 Å². The predicted molar refractivity (Wildman–Crippen MR) is 139 cm³/mol. The second-order valence-corrected chi connectivity index (χ2v) is 9.28. The smallest absolute Gasteiger partial charge is 0.419 e. The minimum Gasteiger partial charge on any atom is -0.428 e. The number of anilines is 1. The minimum absolute atomic E-state index is 0.187. The SMILES string of the molecule is CC[C@H](C(=O)OCOC(=O)N1CCN=C1Nc1ccc2nccnc2c1Br)[C@H](CO)Cc1cncn1C. The molecule has 0 saturated carbocycles. The van der Waals surface area contributed by atoms with E-state index in [-0.39, 0.29) is 12.5 Å². The molecule has 2 atom stereocenters. The number of nitrogens with one attached hydrogen (secondary N) is 1. The lowest BCUT2D eigenvalue weighted by molar-refractivity contribution is -0.160. The fourth-order valence-corrected chi connectivity index (χ4v) is 4.69. The zero-order chi connectivity index (χ0) is 26.4. The number of carbonyl (C=O) groups excluding carboxylic acids is 2. The number of benzene rings is 1. The normalized spacial score (nSPS) is 14.8. The lowest BCUT2D eigenvalue weighted by Crippen LogP contribution is -2.39. The maximum absolute atomic E-state index is 12.7. The summed E-state index contributed by atoms with van der Waals surface area (Å²) in [6.07, 6.45) is 6.81. The number of aliphatic imine (C=N–C) groups is 1. The first-order valence-corrected chi connectivity index (χ1v) is 12.6. The van der Waals surface area contributed by atoms with Gasteiger partial charge in [-0.05, 0) is 40.9 Å². The summed E-state index contributed by atoms with van der Waals surface area (Å²) in [6.45, 7) is 1.82. The molecule has 0 unspecified atom stereocenters. The van der Waals surface area contributed by atoms with E-state index in [1.54, 1.807) is 31.0 Å². The molecule has 37 heavy (non-hydrogen) atoms. The van der Waals surface area contributed by atoms with Crippen LogP contribution in [0.25, 0.3) is 11.0 Å². The van der Waals surface area contributed by atoms with Gasteiger partial charge in [-0.3, -0.25) is 19.8 Å². The summed E-state index contributed by atoms with van der Waals surface area (Å²) < 4.78 is 13.0. The summed E-state index contributed by atoms with van der Waals surface area (Å²) in [5, 5.41) is 13.0. The number of aliphatic hydroxyl groups excluding tert-OH is 1. The maximum Gasteiger partial charge on any atom is 0.419 e. The highest BCUT2D eigenvalue weighted by atomic mass is 79.9. The minimum atomic E-state index is -0.699. The number of carbonyl (C=O) groups is 2. The number of halogens is 1. The quantitative estimate of drug-likeness (QED) is 0.291. The summed E-state index contributed by atoms with van der Waals surface area (Å²) in [4.78, 5) is 43.8. The number of imidazole rings is 1. The van der Waals surface area contributed by atoms with Gasteiger partial charge in [0.05, 0.1) is 41.0 Å². The largest absolute Gasteiger partial charge is 0.428 e. The molecule has 0 saturated heterocycles. The molecule has 2 N–H and O–H groups in total. The van der Waals surface area contributed by atoms with Crippen LogP contribution >= 0.6 is 15.9 Å². The van der Waals surface area contributed by atoms with Crippen LogP contribution in [-0.2, 0) is 27.7 Å². The molecule has 1 aliphatic rings. The van der Waals surface area contributed by atoms with Crippen molar-refractivity contribution < 1.29 is 24.2 Å². The lowest BCUT2D eigenvalue weighted by atomic mass is 9.87. The van der Waals surface area contributed by atoms with Crippen LogP contribution < -0.4 is 5.32 Å². The van der Waals surface area contributed by atoms with Gasteiger partial charge in [0.25, 0.3) is 0 Å². The van der Waals surface area contributed by atoms with E-state index in [0.717, 1.165) is 11.2 Å². The van der Waals surface area contributed by atoms with Crippen molar-refractivity contribution in [1.82, 2.24) is 24.4 Å². The predicted octanol–water partition coefficient (Wildman–Crippen LogP) is 2.72. The van der Waals surface area contributed by atoms with E-state index in [1.807, 2.05) is 24.6 Å². The van der Waals surface area contributed by atoms with Crippen LogP contribution in [0, 0.1) is 11.8 Å². The average molecular weight is 574 g/mol. The van der Waals surface area contributed by atoms with Crippen LogP contribution in [0.15, 0.2) is 46.5 Å². The Morgan fingerprint density at radius 2 is 2.05 bits per heavy atom. The van der Waals surface area contributed by atoms with E-state index in [0.29, 0.717) is 47.6 Å². The van der Waals surface area contributed by atoms with Gasteiger partial charge in [0.2, 0.25) is 12.8 Å². The Balaban J connectivity index is 1.32.